The smallest absolute Gasteiger partial charge is 0.332 e. The highest BCUT2D eigenvalue weighted by Gasteiger charge is 2.63. The predicted molar refractivity (Wildman–Crippen MR) is 116 cm³/mol. The molecule has 1 unspecified atom stereocenters. The van der Waals surface area contributed by atoms with Crippen molar-refractivity contribution in [1.82, 2.24) is 15.1 Å². The Hall–Kier alpha value is -2.68. The van der Waals surface area contributed by atoms with Crippen LogP contribution in [0, 0.1) is 5.41 Å². The van der Waals surface area contributed by atoms with Gasteiger partial charge in [0.15, 0.2) is 10.5 Å². The fourth-order valence-electron chi connectivity index (χ4n) is 5.18. The van der Waals surface area contributed by atoms with Crippen molar-refractivity contribution >= 4 is 46.6 Å². The van der Waals surface area contributed by atoms with Crippen LogP contribution in [0.4, 0.5) is 16.2 Å². The first-order valence-electron chi connectivity index (χ1n) is 10.4. The largest absolute Gasteiger partial charge is 0.367 e. The van der Waals surface area contributed by atoms with Crippen LogP contribution in [-0.4, -0.2) is 65.5 Å². The van der Waals surface area contributed by atoms with Gasteiger partial charge >= 0.3 is 6.03 Å². The fraction of sp³-hybridized carbons (Fsp3) is 0.524. The number of nitrogens with zero attached hydrogens (tertiary/aromatic N) is 3. The quantitative estimate of drug-likeness (QED) is 0.549. The van der Waals surface area contributed by atoms with Gasteiger partial charge in [-0.05, 0) is 68.1 Å². The summed E-state index contributed by atoms with van der Waals surface area (Å²) in [5.41, 5.74) is 1.53. The van der Waals surface area contributed by atoms with Crippen molar-refractivity contribution in [1.29, 1.82) is 0 Å². The Morgan fingerprint density at radius 3 is 2.47 bits per heavy atom. The van der Waals surface area contributed by atoms with Gasteiger partial charge in [-0.1, -0.05) is 0 Å². The van der Waals surface area contributed by atoms with Gasteiger partial charge in [0.1, 0.15) is 0 Å². The molecule has 1 aromatic rings. The molecule has 1 spiro atoms. The number of carbonyl (C=O) groups is 3. The van der Waals surface area contributed by atoms with E-state index in [4.69, 9.17) is 12.2 Å². The average molecular weight is 428 g/mol. The number of hydrogen-bond donors (Lipinski definition) is 2. The Kier molecular flexibility index (Phi) is 4.29. The summed E-state index contributed by atoms with van der Waals surface area (Å²) in [6, 6.07) is 5.65. The number of benzene rings is 1. The molecule has 8 nitrogen and oxygen atoms in total. The zero-order valence-electron chi connectivity index (χ0n) is 17.1. The zero-order chi connectivity index (χ0) is 21.2. The lowest BCUT2D eigenvalue weighted by Crippen LogP contribution is -2.70. The predicted octanol–water partition coefficient (Wildman–Crippen LogP) is 1.70. The van der Waals surface area contributed by atoms with E-state index in [1.54, 1.807) is 0 Å². The lowest BCUT2D eigenvalue weighted by Gasteiger charge is -2.50. The molecule has 3 aliphatic heterocycles. The molecule has 0 radical (unpaired) electrons. The molecule has 1 atom stereocenters. The second-order valence-corrected chi connectivity index (χ2v) is 9.13. The highest BCUT2D eigenvalue weighted by atomic mass is 32.1. The summed E-state index contributed by atoms with van der Waals surface area (Å²) in [7, 11) is 2.92. The van der Waals surface area contributed by atoms with Crippen molar-refractivity contribution in [2.75, 3.05) is 30.9 Å². The first-order chi connectivity index (χ1) is 14.3. The first-order valence-corrected chi connectivity index (χ1v) is 10.8. The zero-order valence-corrected chi connectivity index (χ0v) is 17.9. The highest BCUT2D eigenvalue weighted by molar-refractivity contribution is 7.80. The SMILES string of the molecule is CN1C(=O)N(C)C(=O)C2(Cc3cc(NC(=S)NC4CC4)ccc3N3CCCC32)C1=O. The van der Waals surface area contributed by atoms with Crippen molar-refractivity contribution < 1.29 is 14.4 Å². The molecule has 4 aliphatic rings. The van der Waals surface area contributed by atoms with Crippen LogP contribution < -0.4 is 15.5 Å². The number of imide groups is 2. The summed E-state index contributed by atoms with van der Waals surface area (Å²) in [5, 5.41) is 7.06. The Balaban J connectivity index is 1.53. The molecule has 1 aliphatic carbocycles. The van der Waals surface area contributed by atoms with Crippen molar-refractivity contribution in [3.05, 3.63) is 23.8 Å². The molecule has 5 rings (SSSR count). The second kappa shape index (κ2) is 6.66. The second-order valence-electron chi connectivity index (χ2n) is 8.73. The minimum atomic E-state index is -1.27. The number of hydrogen-bond acceptors (Lipinski definition) is 5. The molecule has 3 fully saturated rings. The minimum absolute atomic E-state index is 0.237. The van der Waals surface area contributed by atoms with Crippen molar-refractivity contribution in [2.24, 2.45) is 5.41 Å². The van der Waals surface area contributed by atoms with E-state index in [1.807, 2.05) is 18.2 Å². The van der Waals surface area contributed by atoms with E-state index >= 15 is 0 Å². The highest BCUT2D eigenvalue weighted by Crippen LogP contribution is 2.49. The molecule has 30 heavy (non-hydrogen) atoms. The van der Waals surface area contributed by atoms with Gasteiger partial charge in [0.05, 0.1) is 6.04 Å². The maximum Gasteiger partial charge on any atom is 0.332 e. The number of urea groups is 1. The number of fused-ring (bicyclic) bond motifs is 4. The topological polar surface area (TPSA) is 85.0 Å². The lowest BCUT2D eigenvalue weighted by atomic mass is 9.68. The Morgan fingerprint density at radius 1 is 1.10 bits per heavy atom. The lowest BCUT2D eigenvalue weighted by molar-refractivity contribution is -0.159. The Bertz CT molecular complexity index is 951. The third kappa shape index (κ3) is 2.71. The van der Waals surface area contributed by atoms with Gasteiger partial charge in [0.25, 0.3) is 0 Å². The molecule has 2 N–H and O–H groups in total. The monoisotopic (exact) mass is 427 g/mol. The van der Waals surface area contributed by atoms with Gasteiger partial charge < -0.3 is 15.5 Å². The number of amides is 4. The molecule has 0 aromatic heterocycles. The van der Waals surface area contributed by atoms with Crippen LogP contribution in [0.15, 0.2) is 18.2 Å². The van der Waals surface area contributed by atoms with Crippen LogP contribution in [-0.2, 0) is 16.0 Å². The third-order valence-electron chi connectivity index (χ3n) is 6.80. The van der Waals surface area contributed by atoms with Gasteiger partial charge in [0.2, 0.25) is 11.8 Å². The number of carbonyl (C=O) groups excluding carboxylic acids is 3. The molecule has 0 bridgehead atoms. The minimum Gasteiger partial charge on any atom is -0.367 e. The first kappa shape index (κ1) is 19.3. The number of rotatable bonds is 2. The van der Waals surface area contributed by atoms with Gasteiger partial charge in [0, 0.05) is 38.1 Å². The summed E-state index contributed by atoms with van der Waals surface area (Å²) >= 11 is 5.39. The average Bonchev–Trinajstić information content (AvgIpc) is 3.39. The molecule has 158 valence electrons. The van der Waals surface area contributed by atoms with Crippen LogP contribution >= 0.6 is 12.2 Å². The van der Waals surface area contributed by atoms with Gasteiger partial charge in [-0.15, -0.1) is 0 Å². The third-order valence-corrected chi connectivity index (χ3v) is 7.02. The molecule has 9 heteroatoms. The normalized spacial score (nSPS) is 24.8. The molecular weight excluding hydrogens is 402 g/mol. The van der Waals surface area contributed by atoms with E-state index in [-0.39, 0.29) is 12.5 Å². The Labute approximate surface area is 180 Å². The van der Waals surface area contributed by atoms with Gasteiger partial charge in [-0.2, -0.15) is 0 Å². The van der Waals surface area contributed by atoms with Crippen LogP contribution in [0.5, 0.6) is 0 Å². The number of nitrogens with one attached hydrogen (secondary N) is 2. The number of barbiturate groups is 1. The maximum atomic E-state index is 13.4. The number of anilines is 2. The van der Waals surface area contributed by atoms with Crippen molar-refractivity contribution in [2.45, 2.75) is 44.2 Å². The summed E-state index contributed by atoms with van der Waals surface area (Å²) in [6.45, 7) is 0.787. The van der Waals surface area contributed by atoms with Crippen LogP contribution in [0.3, 0.4) is 0 Å². The maximum absolute atomic E-state index is 13.4. The van der Waals surface area contributed by atoms with Crippen molar-refractivity contribution in [3.8, 4) is 0 Å². The number of thiocarbonyl (C=S) groups is 1. The van der Waals surface area contributed by atoms with Crippen molar-refractivity contribution in [3.63, 3.8) is 0 Å². The van der Waals surface area contributed by atoms with Crippen LogP contribution in [0.25, 0.3) is 0 Å². The van der Waals surface area contributed by atoms with E-state index in [2.05, 4.69) is 15.5 Å². The molecular formula is C21H25N5O3S. The fourth-order valence-corrected chi connectivity index (χ4v) is 5.46. The molecule has 1 aromatic carbocycles. The molecule has 3 heterocycles. The van der Waals surface area contributed by atoms with E-state index in [0.29, 0.717) is 11.2 Å². The standard InChI is InChI=1S/C21H25N5O3S/c1-24-17(27)21(18(28)25(2)20(24)29)11-12-10-14(23-19(30)22-13-5-6-13)7-8-15(12)26-9-3-4-16(21)26/h7-8,10,13,16H,3-6,9,11H2,1-2H3,(H2,22,23,30). The summed E-state index contributed by atoms with van der Waals surface area (Å²) in [4.78, 5) is 43.5. The molecule has 2 saturated heterocycles. The van der Waals surface area contributed by atoms with E-state index < -0.39 is 23.3 Å². The molecule has 4 amide bonds. The van der Waals surface area contributed by atoms with Crippen LogP contribution in [0.2, 0.25) is 0 Å². The Morgan fingerprint density at radius 2 is 1.80 bits per heavy atom. The van der Waals surface area contributed by atoms with E-state index in [1.165, 1.54) is 14.1 Å². The summed E-state index contributed by atoms with van der Waals surface area (Å²) in [6.07, 6.45) is 4.20. The van der Waals surface area contributed by atoms with E-state index in [0.717, 1.165) is 59.0 Å². The summed E-state index contributed by atoms with van der Waals surface area (Å²) < 4.78 is 0. The summed E-state index contributed by atoms with van der Waals surface area (Å²) in [5.74, 6) is -0.801. The van der Waals surface area contributed by atoms with Gasteiger partial charge in [-0.25, -0.2) is 4.79 Å². The molecule has 1 saturated carbocycles. The van der Waals surface area contributed by atoms with Crippen LogP contribution in [0.1, 0.15) is 31.2 Å². The van der Waals surface area contributed by atoms with E-state index in [9.17, 15) is 14.4 Å². The van der Waals surface area contributed by atoms with Gasteiger partial charge in [-0.3, -0.25) is 19.4 Å².